The Hall–Kier alpha value is -2.73. The number of guanidine groups is 1. The number of anilines is 1. The van der Waals surface area contributed by atoms with Crippen LogP contribution in [0.5, 0.6) is 5.75 Å². The minimum atomic E-state index is -0.0128. The van der Waals surface area contributed by atoms with E-state index in [1.165, 1.54) is 0 Å². The zero-order chi connectivity index (χ0) is 19.9. The van der Waals surface area contributed by atoms with E-state index in [1.54, 1.807) is 11.9 Å². The summed E-state index contributed by atoms with van der Waals surface area (Å²) in [5.41, 5.74) is 1.95. The average Bonchev–Trinajstić information content (AvgIpc) is 2.69. The number of nitrogens with one attached hydrogen (secondary N) is 1. The van der Waals surface area contributed by atoms with Crippen molar-refractivity contribution in [1.29, 1.82) is 0 Å². The molecule has 0 fully saturated rings. The first-order chi connectivity index (χ1) is 13.6. The minimum absolute atomic E-state index is 0.0128. The summed E-state index contributed by atoms with van der Waals surface area (Å²) in [5.74, 6) is 1.54. The SMILES string of the molecule is CN=C(NCCCN1C(=O)COc2ccccc21)N(C)Cc1cccc(Cl)c1. The number of amides is 1. The number of hydrogen-bond acceptors (Lipinski definition) is 3. The van der Waals surface area contributed by atoms with Gasteiger partial charge in [-0.3, -0.25) is 9.79 Å². The van der Waals surface area contributed by atoms with Gasteiger partial charge in [0, 0.05) is 38.8 Å². The van der Waals surface area contributed by atoms with Gasteiger partial charge in [0.15, 0.2) is 12.6 Å². The van der Waals surface area contributed by atoms with Crippen molar-refractivity contribution in [2.24, 2.45) is 4.99 Å². The Morgan fingerprint density at radius 2 is 2.11 bits per heavy atom. The number of halogens is 1. The second kappa shape index (κ2) is 9.46. The van der Waals surface area contributed by atoms with E-state index in [-0.39, 0.29) is 12.5 Å². The smallest absolute Gasteiger partial charge is 0.265 e. The summed E-state index contributed by atoms with van der Waals surface area (Å²) in [4.78, 5) is 20.4. The molecule has 148 valence electrons. The van der Waals surface area contributed by atoms with Crippen molar-refractivity contribution in [3.05, 3.63) is 59.1 Å². The van der Waals surface area contributed by atoms with E-state index in [0.717, 1.165) is 34.4 Å². The van der Waals surface area contributed by atoms with Gasteiger partial charge in [-0.25, -0.2) is 0 Å². The molecule has 0 aliphatic carbocycles. The van der Waals surface area contributed by atoms with Gasteiger partial charge >= 0.3 is 0 Å². The predicted octanol–water partition coefficient (Wildman–Crippen LogP) is 3.16. The largest absolute Gasteiger partial charge is 0.482 e. The van der Waals surface area contributed by atoms with Crippen molar-refractivity contribution in [3.8, 4) is 5.75 Å². The van der Waals surface area contributed by atoms with E-state index < -0.39 is 0 Å². The normalized spacial score (nSPS) is 13.8. The van der Waals surface area contributed by atoms with Crippen LogP contribution in [0.15, 0.2) is 53.5 Å². The molecule has 0 atom stereocenters. The van der Waals surface area contributed by atoms with Crippen LogP contribution in [0.3, 0.4) is 0 Å². The van der Waals surface area contributed by atoms with Crippen molar-refractivity contribution >= 4 is 29.2 Å². The van der Waals surface area contributed by atoms with Gasteiger partial charge in [0.1, 0.15) is 5.75 Å². The molecule has 0 aromatic heterocycles. The van der Waals surface area contributed by atoms with Gasteiger partial charge < -0.3 is 19.9 Å². The van der Waals surface area contributed by atoms with Crippen LogP contribution in [0.2, 0.25) is 5.02 Å². The lowest BCUT2D eigenvalue weighted by atomic mass is 10.2. The molecule has 1 N–H and O–H groups in total. The van der Waals surface area contributed by atoms with Gasteiger partial charge in [-0.05, 0) is 36.2 Å². The van der Waals surface area contributed by atoms with E-state index in [9.17, 15) is 4.79 Å². The molecule has 2 aromatic rings. The highest BCUT2D eigenvalue weighted by atomic mass is 35.5. The van der Waals surface area contributed by atoms with Crippen LogP contribution in [0.4, 0.5) is 5.69 Å². The van der Waals surface area contributed by atoms with Crippen molar-refractivity contribution in [2.75, 3.05) is 38.7 Å². The molecule has 0 radical (unpaired) electrons. The Labute approximate surface area is 170 Å². The molecule has 28 heavy (non-hydrogen) atoms. The maximum atomic E-state index is 12.2. The van der Waals surface area contributed by atoms with Crippen molar-refractivity contribution in [2.45, 2.75) is 13.0 Å². The second-order valence-electron chi connectivity index (χ2n) is 6.62. The lowest BCUT2D eigenvalue weighted by molar-refractivity contribution is -0.121. The number of hydrogen-bond donors (Lipinski definition) is 1. The molecule has 2 aromatic carbocycles. The number of ether oxygens (including phenoxy) is 1. The monoisotopic (exact) mass is 400 g/mol. The standard InChI is InChI=1S/C21H25ClN4O2/c1-23-21(25(2)14-16-7-5-8-17(22)13-16)24-11-6-12-26-18-9-3-4-10-19(18)28-15-20(26)27/h3-5,7-10,13H,6,11-12,14-15H2,1-2H3,(H,23,24). The van der Waals surface area contributed by atoms with Crippen LogP contribution in [-0.4, -0.2) is 50.6 Å². The maximum absolute atomic E-state index is 12.2. The average molecular weight is 401 g/mol. The third kappa shape index (κ3) is 4.95. The first kappa shape index (κ1) is 20.0. The third-order valence-corrected chi connectivity index (χ3v) is 4.77. The number of carbonyl (C=O) groups excluding carboxylic acids is 1. The van der Waals surface area contributed by atoms with E-state index in [4.69, 9.17) is 16.3 Å². The number of benzene rings is 2. The molecule has 6 nitrogen and oxygen atoms in total. The molecule has 7 heteroatoms. The number of fused-ring (bicyclic) bond motifs is 1. The topological polar surface area (TPSA) is 57.2 Å². The molecule has 1 aliphatic rings. The Kier molecular flexibility index (Phi) is 6.76. The summed E-state index contributed by atoms with van der Waals surface area (Å²) >= 11 is 6.06. The van der Waals surface area contributed by atoms with Crippen molar-refractivity contribution < 1.29 is 9.53 Å². The number of para-hydroxylation sites is 2. The summed E-state index contributed by atoms with van der Waals surface area (Å²) in [6.45, 7) is 2.13. The number of rotatable bonds is 6. The molecular formula is C21H25ClN4O2. The summed E-state index contributed by atoms with van der Waals surface area (Å²) in [6, 6.07) is 15.4. The molecular weight excluding hydrogens is 376 g/mol. The lowest BCUT2D eigenvalue weighted by Crippen LogP contribution is -2.42. The molecule has 0 saturated heterocycles. The maximum Gasteiger partial charge on any atom is 0.265 e. The predicted molar refractivity (Wildman–Crippen MR) is 113 cm³/mol. The van der Waals surface area contributed by atoms with E-state index >= 15 is 0 Å². The van der Waals surface area contributed by atoms with Crippen molar-refractivity contribution in [3.63, 3.8) is 0 Å². The highest BCUT2D eigenvalue weighted by Gasteiger charge is 2.24. The summed E-state index contributed by atoms with van der Waals surface area (Å²) in [7, 11) is 3.75. The minimum Gasteiger partial charge on any atom is -0.482 e. The van der Waals surface area contributed by atoms with Crippen molar-refractivity contribution in [1.82, 2.24) is 10.2 Å². The Morgan fingerprint density at radius 3 is 2.89 bits per heavy atom. The molecule has 0 spiro atoms. The summed E-state index contributed by atoms with van der Waals surface area (Å²) in [5, 5.41) is 4.08. The number of carbonyl (C=O) groups is 1. The zero-order valence-electron chi connectivity index (χ0n) is 16.2. The molecule has 0 unspecified atom stereocenters. The fourth-order valence-electron chi connectivity index (χ4n) is 3.21. The first-order valence-corrected chi connectivity index (χ1v) is 9.64. The Balaban J connectivity index is 1.50. The zero-order valence-corrected chi connectivity index (χ0v) is 16.9. The molecule has 0 bridgehead atoms. The fraction of sp³-hybridized carbons (Fsp3) is 0.333. The Bertz CT molecular complexity index is 856. The molecule has 1 aliphatic heterocycles. The van der Waals surface area contributed by atoms with Gasteiger partial charge in [0.25, 0.3) is 5.91 Å². The molecule has 3 rings (SSSR count). The highest BCUT2D eigenvalue weighted by Crippen LogP contribution is 2.31. The van der Waals surface area contributed by atoms with Gasteiger partial charge in [-0.1, -0.05) is 35.9 Å². The number of aliphatic imine (C=N–C) groups is 1. The first-order valence-electron chi connectivity index (χ1n) is 9.27. The van der Waals surface area contributed by atoms with Crippen LogP contribution < -0.4 is 15.0 Å². The van der Waals surface area contributed by atoms with Crippen LogP contribution in [0.1, 0.15) is 12.0 Å². The fourth-order valence-corrected chi connectivity index (χ4v) is 3.42. The van der Waals surface area contributed by atoms with Gasteiger partial charge in [0.05, 0.1) is 5.69 Å². The number of nitrogens with zero attached hydrogens (tertiary/aromatic N) is 3. The molecule has 0 saturated carbocycles. The van der Waals surface area contributed by atoms with Gasteiger partial charge in [0.2, 0.25) is 0 Å². The van der Waals surface area contributed by atoms with Crippen LogP contribution >= 0.6 is 11.6 Å². The quantitative estimate of drug-likeness (QED) is 0.459. The van der Waals surface area contributed by atoms with Crippen LogP contribution in [0.25, 0.3) is 0 Å². The molecule has 1 heterocycles. The van der Waals surface area contributed by atoms with E-state index in [1.807, 2.05) is 60.5 Å². The van der Waals surface area contributed by atoms with E-state index in [0.29, 0.717) is 19.6 Å². The Morgan fingerprint density at radius 1 is 1.29 bits per heavy atom. The highest BCUT2D eigenvalue weighted by molar-refractivity contribution is 6.30. The van der Waals surface area contributed by atoms with Gasteiger partial charge in [-0.15, -0.1) is 0 Å². The van der Waals surface area contributed by atoms with E-state index in [2.05, 4.69) is 10.3 Å². The van der Waals surface area contributed by atoms with Crippen LogP contribution in [0, 0.1) is 0 Å². The molecule has 1 amide bonds. The van der Waals surface area contributed by atoms with Gasteiger partial charge in [-0.2, -0.15) is 0 Å². The third-order valence-electron chi connectivity index (χ3n) is 4.53. The van der Waals surface area contributed by atoms with Crippen LogP contribution in [-0.2, 0) is 11.3 Å². The lowest BCUT2D eigenvalue weighted by Gasteiger charge is -2.29. The summed E-state index contributed by atoms with van der Waals surface area (Å²) in [6.07, 6.45) is 0.796. The second-order valence-corrected chi connectivity index (χ2v) is 7.05. The summed E-state index contributed by atoms with van der Waals surface area (Å²) < 4.78 is 5.48.